The van der Waals surface area contributed by atoms with Crippen molar-refractivity contribution in [2.45, 2.75) is 44.2 Å². The van der Waals surface area contributed by atoms with E-state index in [0.29, 0.717) is 0 Å². The highest BCUT2D eigenvalue weighted by Gasteiger charge is 2.21. The Bertz CT molecular complexity index is 618. The second-order valence-electron chi connectivity index (χ2n) is 5.51. The normalized spacial score (nSPS) is 20.6. The van der Waals surface area contributed by atoms with E-state index in [-0.39, 0.29) is 11.5 Å². The van der Waals surface area contributed by atoms with Crippen LogP contribution in [-0.4, -0.2) is 29.4 Å². The zero-order chi connectivity index (χ0) is 14.8. The van der Waals surface area contributed by atoms with Gasteiger partial charge in [-0.3, -0.25) is 0 Å². The Kier molecular flexibility index (Phi) is 4.36. The summed E-state index contributed by atoms with van der Waals surface area (Å²) in [4.78, 5) is 4.70. The topological polar surface area (TPSA) is 36.3 Å². The lowest BCUT2D eigenvalue weighted by atomic mass is 10.1. The standard InChI is InChI=1S/C16H21ClN2O2/c1-11(17)16-18-15-13(7-5-8-14(15)20-2)19(16)10-12-6-3-4-9-21-12/h5,7-8,11-12H,3-4,6,9-10H2,1-2H3. The van der Waals surface area contributed by atoms with Crippen molar-refractivity contribution in [3.05, 3.63) is 24.0 Å². The molecular weight excluding hydrogens is 288 g/mol. The highest BCUT2D eigenvalue weighted by molar-refractivity contribution is 6.20. The molecule has 1 aromatic carbocycles. The molecule has 1 aliphatic rings. The Balaban J connectivity index is 2.03. The van der Waals surface area contributed by atoms with Gasteiger partial charge in [-0.25, -0.2) is 4.98 Å². The molecule has 2 atom stereocenters. The molecule has 0 aliphatic carbocycles. The van der Waals surface area contributed by atoms with E-state index in [4.69, 9.17) is 26.1 Å². The van der Waals surface area contributed by atoms with Crippen LogP contribution in [0, 0.1) is 0 Å². The van der Waals surface area contributed by atoms with E-state index in [9.17, 15) is 0 Å². The van der Waals surface area contributed by atoms with Crippen molar-refractivity contribution >= 4 is 22.6 Å². The molecule has 2 unspecified atom stereocenters. The summed E-state index contributed by atoms with van der Waals surface area (Å²) in [5, 5.41) is -0.148. The van der Waals surface area contributed by atoms with Crippen LogP contribution in [0.2, 0.25) is 0 Å². The lowest BCUT2D eigenvalue weighted by Gasteiger charge is -2.24. The fraction of sp³-hybridized carbons (Fsp3) is 0.562. The highest BCUT2D eigenvalue weighted by Crippen LogP contribution is 2.31. The lowest BCUT2D eigenvalue weighted by Crippen LogP contribution is -2.25. The maximum atomic E-state index is 6.33. The Morgan fingerprint density at radius 3 is 3.00 bits per heavy atom. The quantitative estimate of drug-likeness (QED) is 0.803. The van der Waals surface area contributed by atoms with E-state index in [2.05, 4.69) is 10.6 Å². The Labute approximate surface area is 130 Å². The third kappa shape index (κ3) is 2.87. The fourth-order valence-corrected chi connectivity index (χ4v) is 3.12. The summed E-state index contributed by atoms with van der Waals surface area (Å²) in [5.41, 5.74) is 1.93. The molecule has 0 bridgehead atoms. The number of alkyl halides is 1. The average molecular weight is 309 g/mol. The van der Waals surface area contributed by atoms with Gasteiger partial charge in [-0.05, 0) is 38.3 Å². The fourth-order valence-electron chi connectivity index (χ4n) is 2.95. The number of aromatic nitrogens is 2. The number of halogens is 1. The van der Waals surface area contributed by atoms with Gasteiger partial charge in [-0.2, -0.15) is 0 Å². The first-order valence-corrected chi connectivity index (χ1v) is 7.93. The average Bonchev–Trinajstić information content (AvgIpc) is 2.87. The van der Waals surface area contributed by atoms with Gasteiger partial charge in [0.15, 0.2) is 0 Å². The minimum absolute atomic E-state index is 0.148. The predicted molar refractivity (Wildman–Crippen MR) is 84.1 cm³/mol. The van der Waals surface area contributed by atoms with Gasteiger partial charge in [-0.15, -0.1) is 11.6 Å². The second kappa shape index (κ2) is 6.24. The van der Waals surface area contributed by atoms with Crippen molar-refractivity contribution in [3.8, 4) is 5.75 Å². The van der Waals surface area contributed by atoms with Crippen molar-refractivity contribution in [1.29, 1.82) is 0 Å². The van der Waals surface area contributed by atoms with Crippen LogP contribution in [0.25, 0.3) is 11.0 Å². The highest BCUT2D eigenvalue weighted by atomic mass is 35.5. The number of hydrogen-bond donors (Lipinski definition) is 0. The molecule has 0 saturated carbocycles. The van der Waals surface area contributed by atoms with Gasteiger partial charge in [0.2, 0.25) is 0 Å². The van der Waals surface area contributed by atoms with Gasteiger partial charge in [0, 0.05) is 6.61 Å². The van der Waals surface area contributed by atoms with Crippen molar-refractivity contribution < 1.29 is 9.47 Å². The third-order valence-corrected chi connectivity index (χ3v) is 4.20. The third-order valence-electron chi connectivity index (χ3n) is 4.01. The van der Waals surface area contributed by atoms with Crippen molar-refractivity contribution in [1.82, 2.24) is 9.55 Å². The molecule has 0 radical (unpaired) electrons. The summed E-state index contributed by atoms with van der Waals surface area (Å²) in [7, 11) is 1.67. The summed E-state index contributed by atoms with van der Waals surface area (Å²) >= 11 is 6.33. The Hall–Kier alpha value is -1.26. The molecule has 2 aromatic rings. The maximum Gasteiger partial charge on any atom is 0.146 e. The van der Waals surface area contributed by atoms with Crippen molar-refractivity contribution in [2.24, 2.45) is 0 Å². The van der Waals surface area contributed by atoms with Crippen LogP contribution in [0.5, 0.6) is 5.75 Å². The van der Waals surface area contributed by atoms with Crippen LogP contribution in [0.15, 0.2) is 18.2 Å². The van der Waals surface area contributed by atoms with Crippen LogP contribution >= 0.6 is 11.6 Å². The molecule has 0 N–H and O–H groups in total. The number of benzene rings is 1. The van der Waals surface area contributed by atoms with Crippen molar-refractivity contribution in [2.75, 3.05) is 13.7 Å². The van der Waals surface area contributed by atoms with Crippen LogP contribution in [0.4, 0.5) is 0 Å². The zero-order valence-electron chi connectivity index (χ0n) is 12.5. The van der Waals surface area contributed by atoms with E-state index >= 15 is 0 Å². The van der Waals surface area contributed by atoms with Gasteiger partial charge in [0.1, 0.15) is 17.1 Å². The van der Waals surface area contributed by atoms with Gasteiger partial charge >= 0.3 is 0 Å². The number of ether oxygens (including phenoxy) is 2. The van der Waals surface area contributed by atoms with E-state index in [0.717, 1.165) is 48.6 Å². The lowest BCUT2D eigenvalue weighted by molar-refractivity contribution is 0.00619. The van der Waals surface area contributed by atoms with Crippen molar-refractivity contribution in [3.63, 3.8) is 0 Å². The van der Waals surface area contributed by atoms with Gasteiger partial charge < -0.3 is 14.0 Å². The molecule has 1 aliphatic heterocycles. The summed E-state index contributed by atoms with van der Waals surface area (Å²) in [5.74, 6) is 1.67. The number of fused-ring (bicyclic) bond motifs is 1. The molecule has 2 heterocycles. The number of hydrogen-bond acceptors (Lipinski definition) is 3. The number of para-hydroxylation sites is 1. The second-order valence-corrected chi connectivity index (χ2v) is 6.17. The summed E-state index contributed by atoms with van der Waals surface area (Å²) in [6.07, 6.45) is 3.73. The summed E-state index contributed by atoms with van der Waals surface area (Å²) in [6.45, 7) is 3.61. The maximum absolute atomic E-state index is 6.33. The molecule has 21 heavy (non-hydrogen) atoms. The number of nitrogens with zero attached hydrogens (tertiary/aromatic N) is 2. The minimum Gasteiger partial charge on any atom is -0.494 e. The molecule has 5 heteroatoms. The molecule has 1 fully saturated rings. The van der Waals surface area contributed by atoms with E-state index in [1.165, 1.54) is 6.42 Å². The van der Waals surface area contributed by atoms with Crippen LogP contribution in [-0.2, 0) is 11.3 Å². The summed E-state index contributed by atoms with van der Waals surface area (Å²) in [6, 6.07) is 5.99. The molecule has 1 saturated heterocycles. The number of imidazole rings is 1. The van der Waals surface area contributed by atoms with Gasteiger partial charge in [-0.1, -0.05) is 6.07 Å². The molecule has 0 amide bonds. The first-order chi connectivity index (χ1) is 10.2. The minimum atomic E-state index is -0.148. The van der Waals surface area contributed by atoms with Crippen LogP contribution < -0.4 is 4.74 Å². The molecule has 0 spiro atoms. The molecule has 3 rings (SSSR count). The van der Waals surface area contributed by atoms with Crippen LogP contribution in [0.3, 0.4) is 0 Å². The van der Waals surface area contributed by atoms with Gasteiger partial charge in [0.25, 0.3) is 0 Å². The smallest absolute Gasteiger partial charge is 0.146 e. The zero-order valence-corrected chi connectivity index (χ0v) is 13.3. The van der Waals surface area contributed by atoms with E-state index in [1.54, 1.807) is 7.11 Å². The van der Waals surface area contributed by atoms with E-state index < -0.39 is 0 Å². The molecule has 1 aromatic heterocycles. The van der Waals surface area contributed by atoms with Crippen LogP contribution in [0.1, 0.15) is 37.4 Å². The largest absolute Gasteiger partial charge is 0.494 e. The SMILES string of the molecule is COc1cccc2c1nc(C(C)Cl)n2CC1CCCCO1. The predicted octanol–water partition coefficient (Wildman–Crippen LogP) is 3.91. The number of rotatable bonds is 4. The number of methoxy groups -OCH3 is 1. The molecular formula is C16H21ClN2O2. The Morgan fingerprint density at radius 2 is 2.33 bits per heavy atom. The monoisotopic (exact) mass is 308 g/mol. The molecule has 4 nitrogen and oxygen atoms in total. The Morgan fingerprint density at radius 1 is 1.48 bits per heavy atom. The first kappa shape index (κ1) is 14.7. The summed E-state index contributed by atoms with van der Waals surface area (Å²) < 4.78 is 13.5. The molecule has 114 valence electrons. The first-order valence-electron chi connectivity index (χ1n) is 7.49. The van der Waals surface area contributed by atoms with E-state index in [1.807, 2.05) is 19.1 Å². The van der Waals surface area contributed by atoms with Gasteiger partial charge in [0.05, 0.1) is 30.7 Å².